The molecule has 3 unspecified atom stereocenters. The fourth-order valence-electron chi connectivity index (χ4n) is 3.99. The zero-order valence-corrected chi connectivity index (χ0v) is 16.2. The minimum Gasteiger partial charge on any atom is -0.445 e. The first-order valence-electron chi connectivity index (χ1n) is 9.79. The minimum atomic E-state index is -0.578. The van der Waals surface area contributed by atoms with Crippen molar-refractivity contribution in [2.75, 3.05) is 0 Å². The number of aryl methyl sites for hydroxylation is 1. The minimum absolute atomic E-state index is 0.00775. The SMILES string of the molecule is Cc1ccccc1C(O)CC1CCCC(C)N1C(=O)OCc1ccccc1. The summed E-state index contributed by atoms with van der Waals surface area (Å²) in [6.45, 7) is 4.35. The third kappa shape index (κ3) is 4.89. The maximum atomic E-state index is 12.8. The molecule has 0 aliphatic carbocycles. The molecule has 1 saturated heterocycles. The van der Waals surface area contributed by atoms with Gasteiger partial charge in [-0.15, -0.1) is 0 Å². The molecule has 2 aromatic carbocycles. The first kappa shape index (κ1) is 19.4. The van der Waals surface area contributed by atoms with Crippen LogP contribution in [0.3, 0.4) is 0 Å². The number of piperidine rings is 1. The highest BCUT2D eigenvalue weighted by Gasteiger charge is 2.34. The Balaban J connectivity index is 1.67. The average molecular weight is 367 g/mol. The molecule has 3 rings (SSSR count). The van der Waals surface area contributed by atoms with Gasteiger partial charge < -0.3 is 14.7 Å². The summed E-state index contributed by atoms with van der Waals surface area (Å²) >= 11 is 0. The van der Waals surface area contributed by atoms with Crippen molar-refractivity contribution in [3.8, 4) is 0 Å². The molecule has 1 amide bonds. The van der Waals surface area contributed by atoms with E-state index in [0.29, 0.717) is 6.42 Å². The quantitative estimate of drug-likeness (QED) is 0.809. The number of benzene rings is 2. The summed E-state index contributed by atoms with van der Waals surface area (Å²) in [5.41, 5.74) is 2.99. The highest BCUT2D eigenvalue weighted by atomic mass is 16.6. The highest BCUT2D eigenvalue weighted by molar-refractivity contribution is 5.68. The number of carbonyl (C=O) groups is 1. The highest BCUT2D eigenvalue weighted by Crippen LogP contribution is 2.31. The van der Waals surface area contributed by atoms with Crippen LogP contribution in [0, 0.1) is 6.92 Å². The number of hydrogen-bond donors (Lipinski definition) is 1. The summed E-state index contributed by atoms with van der Waals surface area (Å²) in [6.07, 6.45) is 2.61. The van der Waals surface area contributed by atoms with Crippen LogP contribution in [0.25, 0.3) is 0 Å². The summed E-state index contributed by atoms with van der Waals surface area (Å²) in [7, 11) is 0. The second-order valence-corrected chi connectivity index (χ2v) is 7.49. The number of carbonyl (C=O) groups excluding carboxylic acids is 1. The van der Waals surface area contributed by atoms with E-state index in [1.54, 1.807) is 0 Å². The summed E-state index contributed by atoms with van der Waals surface area (Å²) < 4.78 is 5.58. The van der Waals surface area contributed by atoms with Gasteiger partial charge in [0.1, 0.15) is 6.61 Å². The van der Waals surface area contributed by atoms with Gasteiger partial charge in [-0.25, -0.2) is 4.79 Å². The van der Waals surface area contributed by atoms with E-state index in [4.69, 9.17) is 4.74 Å². The van der Waals surface area contributed by atoms with Gasteiger partial charge in [0.05, 0.1) is 6.10 Å². The topological polar surface area (TPSA) is 49.8 Å². The van der Waals surface area contributed by atoms with Crippen molar-refractivity contribution in [3.63, 3.8) is 0 Å². The van der Waals surface area contributed by atoms with Crippen LogP contribution in [0.5, 0.6) is 0 Å². The molecule has 27 heavy (non-hydrogen) atoms. The summed E-state index contributed by atoms with van der Waals surface area (Å²) in [5.74, 6) is 0. The molecule has 0 radical (unpaired) electrons. The van der Waals surface area contributed by atoms with E-state index in [0.717, 1.165) is 36.0 Å². The van der Waals surface area contributed by atoms with E-state index in [1.807, 2.05) is 66.4 Å². The van der Waals surface area contributed by atoms with E-state index in [2.05, 4.69) is 6.92 Å². The zero-order chi connectivity index (χ0) is 19.2. The molecule has 1 fully saturated rings. The Kier molecular flexibility index (Phi) is 6.51. The normalized spacial score (nSPS) is 20.9. The lowest BCUT2D eigenvalue weighted by Gasteiger charge is -2.40. The first-order chi connectivity index (χ1) is 13.1. The van der Waals surface area contributed by atoms with Crippen LogP contribution in [0.15, 0.2) is 54.6 Å². The molecule has 1 aliphatic heterocycles. The second kappa shape index (κ2) is 9.05. The van der Waals surface area contributed by atoms with E-state index >= 15 is 0 Å². The zero-order valence-electron chi connectivity index (χ0n) is 16.2. The molecule has 1 N–H and O–H groups in total. The molecule has 1 aliphatic rings. The number of ether oxygens (including phenoxy) is 1. The molecular weight excluding hydrogens is 338 g/mol. The number of nitrogens with zero attached hydrogens (tertiary/aromatic N) is 1. The smallest absolute Gasteiger partial charge is 0.410 e. The fraction of sp³-hybridized carbons (Fsp3) is 0.435. The number of aliphatic hydroxyl groups excluding tert-OH is 1. The van der Waals surface area contributed by atoms with E-state index < -0.39 is 6.10 Å². The molecule has 0 bridgehead atoms. The molecule has 4 nitrogen and oxygen atoms in total. The van der Waals surface area contributed by atoms with Crippen LogP contribution in [0.1, 0.15) is 55.4 Å². The van der Waals surface area contributed by atoms with E-state index in [1.165, 1.54) is 0 Å². The third-order valence-electron chi connectivity index (χ3n) is 5.49. The summed E-state index contributed by atoms with van der Waals surface area (Å²) in [4.78, 5) is 14.6. The Bertz CT molecular complexity index is 746. The van der Waals surface area contributed by atoms with Gasteiger partial charge in [0.25, 0.3) is 0 Å². The van der Waals surface area contributed by atoms with Crippen LogP contribution in [0.2, 0.25) is 0 Å². The predicted octanol–water partition coefficient (Wildman–Crippen LogP) is 5.00. The van der Waals surface area contributed by atoms with Crippen molar-refractivity contribution in [2.45, 2.75) is 64.3 Å². The van der Waals surface area contributed by atoms with Gasteiger partial charge in [0, 0.05) is 12.1 Å². The summed E-state index contributed by atoms with van der Waals surface area (Å²) in [6, 6.07) is 17.7. The maximum Gasteiger partial charge on any atom is 0.410 e. The van der Waals surface area contributed by atoms with Gasteiger partial charge in [-0.05, 0) is 56.2 Å². The fourth-order valence-corrected chi connectivity index (χ4v) is 3.99. The second-order valence-electron chi connectivity index (χ2n) is 7.49. The molecule has 0 saturated carbocycles. The molecule has 144 valence electrons. The summed E-state index contributed by atoms with van der Waals surface area (Å²) in [5, 5.41) is 10.8. The average Bonchev–Trinajstić information content (AvgIpc) is 2.67. The molecule has 4 heteroatoms. The van der Waals surface area contributed by atoms with Crippen molar-refractivity contribution >= 4 is 6.09 Å². The Labute approximate surface area is 161 Å². The van der Waals surface area contributed by atoms with Crippen molar-refractivity contribution < 1.29 is 14.6 Å². The molecule has 3 atom stereocenters. The Morgan fingerprint density at radius 1 is 1.15 bits per heavy atom. The molecular formula is C23H29NO3. The van der Waals surface area contributed by atoms with Crippen LogP contribution >= 0.6 is 0 Å². The molecule has 1 heterocycles. The lowest BCUT2D eigenvalue weighted by molar-refractivity contribution is 0.0272. The monoisotopic (exact) mass is 367 g/mol. The number of likely N-dealkylation sites (tertiary alicyclic amines) is 1. The van der Waals surface area contributed by atoms with Crippen LogP contribution < -0.4 is 0 Å². The van der Waals surface area contributed by atoms with Crippen molar-refractivity contribution in [1.82, 2.24) is 4.90 Å². The van der Waals surface area contributed by atoms with Gasteiger partial charge in [-0.1, -0.05) is 54.6 Å². The van der Waals surface area contributed by atoms with Gasteiger partial charge in [0.2, 0.25) is 0 Å². The van der Waals surface area contributed by atoms with Gasteiger partial charge >= 0.3 is 6.09 Å². The Morgan fingerprint density at radius 3 is 2.59 bits per heavy atom. The standard InChI is InChI=1S/C23H29NO3/c1-17-9-6-7-14-21(17)22(25)15-20-13-8-10-18(2)24(20)23(26)27-16-19-11-4-3-5-12-19/h3-7,9,11-12,14,18,20,22,25H,8,10,13,15-16H2,1-2H3. The number of rotatable bonds is 5. The van der Waals surface area contributed by atoms with E-state index in [-0.39, 0.29) is 24.8 Å². The molecule has 2 aromatic rings. The van der Waals surface area contributed by atoms with Crippen molar-refractivity contribution in [1.29, 1.82) is 0 Å². The molecule has 0 aromatic heterocycles. The van der Waals surface area contributed by atoms with Gasteiger partial charge in [0.15, 0.2) is 0 Å². The predicted molar refractivity (Wildman–Crippen MR) is 106 cm³/mol. The van der Waals surface area contributed by atoms with Gasteiger partial charge in [-0.3, -0.25) is 0 Å². The third-order valence-corrected chi connectivity index (χ3v) is 5.49. The van der Waals surface area contributed by atoms with Crippen molar-refractivity contribution in [2.24, 2.45) is 0 Å². The number of hydrogen-bond acceptors (Lipinski definition) is 3. The van der Waals surface area contributed by atoms with Gasteiger partial charge in [-0.2, -0.15) is 0 Å². The van der Waals surface area contributed by atoms with Crippen molar-refractivity contribution in [3.05, 3.63) is 71.3 Å². The lowest BCUT2D eigenvalue weighted by atomic mass is 9.90. The Morgan fingerprint density at radius 2 is 1.85 bits per heavy atom. The number of aliphatic hydroxyl groups is 1. The Hall–Kier alpha value is -2.33. The number of amides is 1. The molecule has 0 spiro atoms. The first-order valence-corrected chi connectivity index (χ1v) is 9.79. The maximum absolute atomic E-state index is 12.8. The van der Waals surface area contributed by atoms with E-state index in [9.17, 15) is 9.90 Å². The van der Waals surface area contributed by atoms with Crippen LogP contribution in [0.4, 0.5) is 4.79 Å². The largest absolute Gasteiger partial charge is 0.445 e. The van der Waals surface area contributed by atoms with Crippen LogP contribution in [-0.4, -0.2) is 28.2 Å². The van der Waals surface area contributed by atoms with Crippen LogP contribution in [-0.2, 0) is 11.3 Å². The lowest BCUT2D eigenvalue weighted by Crippen LogP contribution is -2.49.